The first-order valence-electron chi connectivity index (χ1n) is 7.81. The number of carboxylic acid groups (broad SMARTS) is 1. The van der Waals surface area contributed by atoms with Crippen molar-refractivity contribution in [3.63, 3.8) is 0 Å². The summed E-state index contributed by atoms with van der Waals surface area (Å²) in [6, 6.07) is 5.29. The van der Waals surface area contributed by atoms with Gasteiger partial charge in [0.1, 0.15) is 53.2 Å². The van der Waals surface area contributed by atoms with Gasteiger partial charge in [-0.25, -0.2) is 9.78 Å². The van der Waals surface area contributed by atoms with E-state index >= 15 is 0 Å². The number of carboxylic acids is 1. The number of nitrogen functional groups attached to an aromatic ring is 1. The molecule has 0 aromatic carbocycles. The van der Waals surface area contributed by atoms with Crippen molar-refractivity contribution >= 4 is 11.8 Å². The number of pyridine rings is 1. The molecule has 4 rings (SSSR count). The first-order chi connectivity index (χ1) is 12.5. The van der Waals surface area contributed by atoms with Crippen molar-refractivity contribution in [1.82, 2.24) is 4.98 Å². The molecule has 0 fully saturated rings. The van der Waals surface area contributed by atoms with E-state index in [1.807, 2.05) is 6.07 Å². The van der Waals surface area contributed by atoms with E-state index in [2.05, 4.69) is 4.98 Å². The van der Waals surface area contributed by atoms with Crippen LogP contribution in [0, 0.1) is 11.3 Å². The molecular weight excluding hydrogens is 338 g/mol. The number of nitrogens with two attached hydrogens (primary N) is 1. The Labute approximate surface area is 147 Å². The predicted molar refractivity (Wildman–Crippen MR) is 89.1 cm³/mol. The summed E-state index contributed by atoms with van der Waals surface area (Å²) in [6.45, 7) is -0.278. The minimum atomic E-state index is -1.13. The lowest BCUT2D eigenvalue weighted by Gasteiger charge is -2.20. The molecule has 3 aromatic rings. The van der Waals surface area contributed by atoms with Crippen LogP contribution in [0.1, 0.15) is 33.0 Å². The van der Waals surface area contributed by atoms with Crippen LogP contribution in [-0.2, 0) is 19.4 Å². The van der Waals surface area contributed by atoms with Gasteiger partial charge in [-0.2, -0.15) is 5.26 Å². The van der Waals surface area contributed by atoms with E-state index in [9.17, 15) is 20.3 Å². The number of rotatable bonds is 3. The van der Waals surface area contributed by atoms with Crippen LogP contribution in [0.15, 0.2) is 27.2 Å². The zero-order valence-electron chi connectivity index (χ0n) is 13.4. The van der Waals surface area contributed by atoms with E-state index in [0.29, 0.717) is 52.5 Å². The molecule has 0 amide bonds. The number of aromatic nitrogens is 1. The number of hydrogen-bond acceptors (Lipinski definition) is 7. The minimum Gasteiger partial charge on any atom is -0.478 e. The molecular formula is C18H13N3O5. The third-order valence-electron chi connectivity index (χ3n) is 4.44. The molecule has 0 unspecified atom stereocenters. The number of aromatic carboxylic acids is 1. The summed E-state index contributed by atoms with van der Waals surface area (Å²) >= 11 is 0. The van der Waals surface area contributed by atoms with Crippen molar-refractivity contribution in [1.29, 1.82) is 5.26 Å². The number of aliphatic hydroxyl groups excluding tert-OH is 1. The zero-order chi connectivity index (χ0) is 18.4. The lowest BCUT2D eigenvalue weighted by Crippen LogP contribution is -2.12. The van der Waals surface area contributed by atoms with Crippen LogP contribution in [-0.4, -0.2) is 21.2 Å². The number of aryl methyl sites for hydroxylation is 1. The smallest absolute Gasteiger partial charge is 0.339 e. The van der Waals surface area contributed by atoms with Crippen LogP contribution in [0.4, 0.5) is 5.82 Å². The number of anilines is 1. The molecule has 3 heterocycles. The van der Waals surface area contributed by atoms with Gasteiger partial charge in [-0.3, -0.25) is 0 Å². The van der Waals surface area contributed by atoms with Gasteiger partial charge < -0.3 is 24.8 Å². The van der Waals surface area contributed by atoms with Gasteiger partial charge in [0.15, 0.2) is 0 Å². The highest BCUT2D eigenvalue weighted by Crippen LogP contribution is 2.43. The molecule has 130 valence electrons. The fraction of sp³-hybridized carbons (Fsp3) is 0.167. The normalized spacial score (nSPS) is 12.3. The topological polar surface area (TPSA) is 147 Å². The van der Waals surface area contributed by atoms with Crippen LogP contribution < -0.4 is 5.73 Å². The van der Waals surface area contributed by atoms with Gasteiger partial charge in [0.25, 0.3) is 0 Å². The van der Waals surface area contributed by atoms with Crippen molar-refractivity contribution in [3.8, 4) is 28.7 Å². The molecule has 0 saturated carbocycles. The Balaban J connectivity index is 2.05. The summed E-state index contributed by atoms with van der Waals surface area (Å²) in [5.41, 5.74) is 8.04. The number of aliphatic hydroxyl groups is 1. The van der Waals surface area contributed by atoms with E-state index < -0.39 is 5.97 Å². The van der Waals surface area contributed by atoms with Gasteiger partial charge in [-0.05, 0) is 24.1 Å². The van der Waals surface area contributed by atoms with Gasteiger partial charge in [0, 0.05) is 12.0 Å². The predicted octanol–water partition coefficient (Wildman–Crippen LogP) is 2.34. The molecule has 8 nitrogen and oxygen atoms in total. The average molecular weight is 351 g/mol. The molecule has 8 heteroatoms. The molecule has 3 aromatic heterocycles. The molecule has 0 bridgehead atoms. The third-order valence-corrected chi connectivity index (χ3v) is 4.44. The van der Waals surface area contributed by atoms with Crippen LogP contribution in [0.3, 0.4) is 0 Å². The number of nitriles is 1. The molecule has 1 aliphatic rings. The van der Waals surface area contributed by atoms with Crippen molar-refractivity contribution in [2.24, 2.45) is 0 Å². The van der Waals surface area contributed by atoms with Crippen molar-refractivity contribution in [3.05, 3.63) is 46.6 Å². The van der Waals surface area contributed by atoms with Gasteiger partial charge in [-0.15, -0.1) is 0 Å². The van der Waals surface area contributed by atoms with Crippen LogP contribution in [0.2, 0.25) is 0 Å². The van der Waals surface area contributed by atoms with E-state index in [-0.39, 0.29) is 23.6 Å². The van der Waals surface area contributed by atoms with Gasteiger partial charge in [0.05, 0.1) is 11.3 Å². The van der Waals surface area contributed by atoms with Crippen LogP contribution in [0.5, 0.6) is 0 Å². The summed E-state index contributed by atoms with van der Waals surface area (Å²) in [4.78, 5) is 15.8. The fourth-order valence-electron chi connectivity index (χ4n) is 3.31. The molecule has 26 heavy (non-hydrogen) atoms. The maximum absolute atomic E-state index is 11.5. The number of nitrogens with zero attached hydrogens (tertiary/aromatic N) is 2. The minimum absolute atomic E-state index is 0.000926. The van der Waals surface area contributed by atoms with Gasteiger partial charge in [0.2, 0.25) is 0 Å². The van der Waals surface area contributed by atoms with Gasteiger partial charge >= 0.3 is 5.97 Å². The zero-order valence-corrected chi connectivity index (χ0v) is 13.4. The summed E-state index contributed by atoms with van der Waals surface area (Å²) in [6.07, 6.45) is 2.14. The second-order valence-corrected chi connectivity index (χ2v) is 5.86. The van der Waals surface area contributed by atoms with Crippen LogP contribution in [0.25, 0.3) is 22.6 Å². The number of furan rings is 2. The molecule has 4 N–H and O–H groups in total. The molecule has 0 atom stereocenters. The number of hydrogen-bond donors (Lipinski definition) is 3. The van der Waals surface area contributed by atoms with Gasteiger partial charge in [-0.1, -0.05) is 0 Å². The summed E-state index contributed by atoms with van der Waals surface area (Å²) in [5, 5.41) is 28.2. The van der Waals surface area contributed by atoms with E-state index in [1.165, 1.54) is 6.26 Å². The maximum Gasteiger partial charge on any atom is 0.339 e. The molecule has 0 radical (unpaired) electrons. The standard InChI is InChI=1S/C18H13N3O5/c19-5-10-14(13-3-1-8(6-22)26-13)9-2-4-12-15(16(9)21-17(10)20)11(7-25-12)18(23)24/h1,3,7,22H,2,4,6H2,(H2,20,21)(H,23,24). The maximum atomic E-state index is 11.5. The first kappa shape index (κ1) is 15.9. The largest absolute Gasteiger partial charge is 0.478 e. The van der Waals surface area contributed by atoms with Crippen molar-refractivity contribution < 1.29 is 23.8 Å². The first-order valence-corrected chi connectivity index (χ1v) is 7.81. The Morgan fingerprint density at radius 3 is 2.81 bits per heavy atom. The van der Waals surface area contributed by atoms with Crippen molar-refractivity contribution in [2.75, 3.05) is 5.73 Å². The number of fused-ring (bicyclic) bond motifs is 3. The van der Waals surface area contributed by atoms with E-state index in [0.717, 1.165) is 0 Å². The Morgan fingerprint density at radius 1 is 1.35 bits per heavy atom. The lowest BCUT2D eigenvalue weighted by atomic mass is 9.86. The quantitative estimate of drug-likeness (QED) is 0.651. The highest BCUT2D eigenvalue weighted by molar-refractivity contribution is 5.98. The van der Waals surface area contributed by atoms with E-state index in [4.69, 9.17) is 14.6 Å². The lowest BCUT2D eigenvalue weighted by molar-refractivity contribution is 0.0697. The average Bonchev–Trinajstić information content (AvgIpc) is 3.27. The second-order valence-electron chi connectivity index (χ2n) is 5.86. The SMILES string of the molecule is N#Cc1c(N)nc2c(c1-c1ccc(CO)o1)CCc1occ(C(=O)O)c1-2. The Bertz CT molecular complexity index is 1090. The van der Waals surface area contributed by atoms with Crippen molar-refractivity contribution in [2.45, 2.75) is 19.4 Å². The Kier molecular flexibility index (Phi) is 3.52. The summed E-state index contributed by atoms with van der Waals surface area (Å²) < 4.78 is 11.0. The monoisotopic (exact) mass is 351 g/mol. The third kappa shape index (κ3) is 2.18. The highest BCUT2D eigenvalue weighted by Gasteiger charge is 2.32. The van der Waals surface area contributed by atoms with Crippen LogP contribution >= 0.6 is 0 Å². The number of carbonyl (C=O) groups is 1. The molecule has 0 saturated heterocycles. The summed E-state index contributed by atoms with van der Waals surface area (Å²) in [7, 11) is 0. The summed E-state index contributed by atoms with van der Waals surface area (Å²) in [5.74, 6) is 0.0926. The molecule has 0 spiro atoms. The fourth-order valence-corrected chi connectivity index (χ4v) is 3.31. The highest BCUT2D eigenvalue weighted by atomic mass is 16.4. The van der Waals surface area contributed by atoms with E-state index in [1.54, 1.807) is 12.1 Å². The Morgan fingerprint density at radius 2 is 2.15 bits per heavy atom. The Hall–Kier alpha value is -3.57. The molecule has 0 aliphatic heterocycles. The second kappa shape index (κ2) is 5.75. The molecule has 1 aliphatic carbocycles.